The monoisotopic (exact) mass is 407 g/mol. The van der Waals surface area contributed by atoms with Crippen molar-refractivity contribution in [2.24, 2.45) is 0 Å². The lowest BCUT2D eigenvalue weighted by Gasteiger charge is -2.24. The Morgan fingerprint density at radius 1 is 1.11 bits per heavy atom. The number of nitrogens with one attached hydrogen (secondary N) is 2. The van der Waals surface area contributed by atoms with Crippen molar-refractivity contribution in [1.82, 2.24) is 15.3 Å². The van der Waals surface area contributed by atoms with Crippen molar-refractivity contribution in [3.63, 3.8) is 0 Å². The van der Waals surface area contributed by atoms with E-state index in [1.807, 2.05) is 30.3 Å². The van der Waals surface area contributed by atoms with Gasteiger partial charge in [0, 0.05) is 13.5 Å². The summed E-state index contributed by atoms with van der Waals surface area (Å²) in [4.78, 5) is 27.4. The van der Waals surface area contributed by atoms with Crippen LogP contribution in [0.2, 0.25) is 0 Å². The quantitative estimate of drug-likeness (QED) is 0.380. The number of esters is 1. The minimum Gasteiger partial charge on any atom is -0.459 e. The topological polar surface area (TPSA) is 70.7 Å². The van der Waals surface area contributed by atoms with E-state index in [-0.39, 0.29) is 18.8 Å². The molecule has 0 unspecified atom stereocenters. The fourth-order valence-corrected chi connectivity index (χ4v) is 2.57. The summed E-state index contributed by atoms with van der Waals surface area (Å²) in [5, 5.41) is 4.07. The molecule has 0 aliphatic carbocycles. The number of hydrogen-bond acceptors (Lipinski definition) is 5. The molecule has 6 nitrogen and oxygen atoms in total. The summed E-state index contributed by atoms with van der Waals surface area (Å²) in [6.07, 6.45) is 0.171. The number of ether oxygens (including phenoxy) is 1. The molecule has 0 aliphatic rings. The number of halogens is 2. The largest absolute Gasteiger partial charge is 0.459 e. The molecule has 0 aromatic heterocycles. The lowest BCUT2D eigenvalue weighted by atomic mass is 10.1. The summed E-state index contributed by atoms with van der Waals surface area (Å²) in [7, 11) is 1.60. The summed E-state index contributed by atoms with van der Waals surface area (Å²) in [6, 6.07) is 13.4. The number of hydrogen-bond donors (Lipinski definition) is 2. The first-order valence-electron chi connectivity index (χ1n) is 8.75. The Kier molecular flexibility index (Phi) is 8.38. The molecule has 2 N–H and O–H groups in total. The van der Waals surface area contributed by atoms with Crippen molar-refractivity contribution >= 4 is 23.7 Å². The molecule has 2 rings (SSSR count). The predicted octanol–water partition coefficient (Wildman–Crippen LogP) is 2.58. The van der Waals surface area contributed by atoms with Crippen LogP contribution in [-0.2, 0) is 27.4 Å². The van der Waals surface area contributed by atoms with Crippen LogP contribution in [0.3, 0.4) is 0 Å². The fourth-order valence-electron chi connectivity index (χ4n) is 2.42. The van der Waals surface area contributed by atoms with E-state index in [0.717, 1.165) is 5.56 Å². The minimum absolute atomic E-state index is 0.0914. The molecule has 0 bridgehead atoms. The van der Waals surface area contributed by atoms with Crippen LogP contribution in [0.5, 0.6) is 0 Å². The van der Waals surface area contributed by atoms with E-state index in [0.29, 0.717) is 5.56 Å². The van der Waals surface area contributed by atoms with Gasteiger partial charge in [0.05, 0.1) is 0 Å². The Morgan fingerprint density at radius 2 is 1.75 bits per heavy atom. The van der Waals surface area contributed by atoms with Crippen LogP contribution in [-0.4, -0.2) is 36.0 Å². The van der Waals surface area contributed by atoms with E-state index >= 15 is 0 Å². The van der Waals surface area contributed by atoms with Gasteiger partial charge in [-0.05, 0) is 42.0 Å². The summed E-state index contributed by atoms with van der Waals surface area (Å²) in [5.74, 6) is -1.35. The summed E-state index contributed by atoms with van der Waals surface area (Å²) in [5.41, 5.74) is 1.53. The number of carbonyl (C=O) groups is 2. The van der Waals surface area contributed by atoms with Gasteiger partial charge in [0.15, 0.2) is 0 Å². The normalized spacial score (nSPS) is 13.0. The van der Waals surface area contributed by atoms with E-state index < -0.39 is 24.0 Å². The third-order valence-electron chi connectivity index (χ3n) is 4.27. The maximum atomic E-state index is 13.1. The van der Waals surface area contributed by atoms with Gasteiger partial charge in [-0.25, -0.2) is 14.2 Å². The minimum atomic E-state index is -0.923. The van der Waals surface area contributed by atoms with E-state index in [2.05, 4.69) is 10.3 Å². The number of nitrogens with zero attached hydrogens (tertiary/aromatic N) is 1. The highest BCUT2D eigenvalue weighted by Gasteiger charge is 2.26. The van der Waals surface area contributed by atoms with Crippen LogP contribution in [0.15, 0.2) is 54.6 Å². The maximum absolute atomic E-state index is 13.1. The van der Waals surface area contributed by atoms with Crippen molar-refractivity contribution in [2.75, 3.05) is 7.05 Å². The van der Waals surface area contributed by atoms with Gasteiger partial charge >= 0.3 is 5.97 Å². The Balaban J connectivity index is 2.08. The van der Waals surface area contributed by atoms with E-state index in [4.69, 9.17) is 16.5 Å². The van der Waals surface area contributed by atoms with Gasteiger partial charge < -0.3 is 10.1 Å². The molecule has 0 fully saturated rings. The molecule has 2 aromatic carbocycles. The van der Waals surface area contributed by atoms with E-state index in [1.54, 1.807) is 26.1 Å². The molecule has 0 heterocycles. The Morgan fingerprint density at radius 3 is 2.36 bits per heavy atom. The van der Waals surface area contributed by atoms with Gasteiger partial charge in [0.25, 0.3) is 0 Å². The van der Waals surface area contributed by atoms with Gasteiger partial charge in [-0.3, -0.25) is 4.79 Å². The Labute approximate surface area is 168 Å². The van der Waals surface area contributed by atoms with Crippen molar-refractivity contribution in [2.45, 2.75) is 32.0 Å². The Bertz CT molecular complexity index is 774. The molecule has 2 atom stereocenters. The van der Waals surface area contributed by atoms with Crippen LogP contribution in [0, 0.1) is 5.82 Å². The zero-order chi connectivity index (χ0) is 20.5. The van der Waals surface area contributed by atoms with Gasteiger partial charge in [-0.2, -0.15) is 4.94 Å². The smallest absolute Gasteiger partial charge is 0.329 e. The van der Waals surface area contributed by atoms with Gasteiger partial charge in [0.2, 0.25) is 5.91 Å². The predicted molar refractivity (Wildman–Crippen MR) is 104 cm³/mol. The molecule has 0 aliphatic heterocycles. The van der Waals surface area contributed by atoms with Crippen LogP contribution >= 0.6 is 11.8 Å². The Hall–Kier alpha value is -2.48. The zero-order valence-corrected chi connectivity index (χ0v) is 16.4. The second kappa shape index (κ2) is 10.8. The number of hydrazine groups is 1. The third-order valence-corrected chi connectivity index (χ3v) is 4.54. The van der Waals surface area contributed by atoms with Gasteiger partial charge in [0.1, 0.15) is 24.5 Å². The third kappa shape index (κ3) is 6.60. The summed E-state index contributed by atoms with van der Waals surface area (Å²) >= 11 is 5.52. The number of rotatable bonds is 9. The van der Waals surface area contributed by atoms with E-state index in [1.165, 1.54) is 17.1 Å². The molecular formula is C20H23ClFN3O3. The average Bonchev–Trinajstić information content (AvgIpc) is 2.72. The molecule has 28 heavy (non-hydrogen) atoms. The lowest BCUT2D eigenvalue weighted by Crippen LogP contribution is -2.52. The molecule has 1 amide bonds. The average molecular weight is 408 g/mol. The van der Waals surface area contributed by atoms with Crippen LogP contribution in [0.1, 0.15) is 18.1 Å². The zero-order valence-electron chi connectivity index (χ0n) is 15.7. The first-order chi connectivity index (χ1) is 13.4. The van der Waals surface area contributed by atoms with Gasteiger partial charge in [-0.1, -0.05) is 42.5 Å². The lowest BCUT2D eigenvalue weighted by molar-refractivity contribution is -0.149. The molecule has 0 saturated carbocycles. The fraction of sp³-hybridized carbons (Fsp3) is 0.300. The molecule has 0 radical (unpaired) electrons. The van der Waals surface area contributed by atoms with Gasteiger partial charge in [-0.15, -0.1) is 0 Å². The second-order valence-electron chi connectivity index (χ2n) is 6.36. The van der Waals surface area contributed by atoms with Crippen molar-refractivity contribution in [1.29, 1.82) is 0 Å². The number of amides is 1. The SMILES string of the molecule is C[C@H](C(=O)N[C@H](Cc1ccc(F)cc1)C(=O)OCc1ccccc1)N(C)NCl. The van der Waals surface area contributed by atoms with Crippen LogP contribution in [0.4, 0.5) is 4.39 Å². The highest BCUT2D eigenvalue weighted by molar-refractivity contribution is 6.13. The molecular weight excluding hydrogens is 385 g/mol. The first kappa shape index (κ1) is 21.8. The van der Waals surface area contributed by atoms with Crippen molar-refractivity contribution in [3.8, 4) is 0 Å². The van der Waals surface area contributed by atoms with Crippen LogP contribution < -0.4 is 10.3 Å². The van der Waals surface area contributed by atoms with Crippen molar-refractivity contribution in [3.05, 3.63) is 71.5 Å². The van der Waals surface area contributed by atoms with Crippen molar-refractivity contribution < 1.29 is 18.7 Å². The molecule has 0 saturated heterocycles. The summed E-state index contributed by atoms with van der Waals surface area (Å²) < 4.78 is 18.5. The molecule has 0 spiro atoms. The molecule has 2 aromatic rings. The summed E-state index contributed by atoms with van der Waals surface area (Å²) in [6.45, 7) is 1.73. The standard InChI is InChI=1S/C20H23ClFN3O3/c1-14(25(2)24-21)19(26)23-18(12-15-8-10-17(22)11-9-15)20(27)28-13-16-6-4-3-5-7-16/h3-11,14,18,24H,12-13H2,1-2H3,(H,23,26)/t14-,18-/m1/s1. The van der Waals surface area contributed by atoms with E-state index in [9.17, 15) is 14.0 Å². The highest BCUT2D eigenvalue weighted by atomic mass is 35.5. The second-order valence-corrected chi connectivity index (χ2v) is 6.53. The highest BCUT2D eigenvalue weighted by Crippen LogP contribution is 2.09. The number of carbonyl (C=O) groups excluding carboxylic acids is 2. The number of benzene rings is 2. The van der Waals surface area contributed by atoms with Crippen LogP contribution in [0.25, 0.3) is 0 Å². The number of likely N-dealkylation sites (N-methyl/N-ethyl adjacent to an activating group) is 1. The molecule has 8 heteroatoms. The first-order valence-corrected chi connectivity index (χ1v) is 9.13. The molecule has 150 valence electrons. The maximum Gasteiger partial charge on any atom is 0.329 e.